The Kier molecular flexibility index (Phi) is 5.82. The standard InChI is InChI=1S/C15H21F3N2O2/c1-9-5-12(7-20(4)14(21)11(3)19)6-10(2)13(9)22-8-15(16,17)18/h5-6,11H,7-8,19H2,1-4H3/t11-/m0/s1. The Hall–Kier alpha value is -1.76. The van der Waals surface area contributed by atoms with Gasteiger partial charge in [0.25, 0.3) is 0 Å². The summed E-state index contributed by atoms with van der Waals surface area (Å²) in [4.78, 5) is 13.2. The van der Waals surface area contributed by atoms with Crippen LogP contribution in [0.5, 0.6) is 5.75 Å². The van der Waals surface area contributed by atoms with Crippen molar-refractivity contribution in [2.75, 3.05) is 13.7 Å². The van der Waals surface area contributed by atoms with E-state index in [1.54, 1.807) is 40.0 Å². The first-order valence-corrected chi connectivity index (χ1v) is 6.81. The molecule has 7 heteroatoms. The third-order valence-electron chi connectivity index (χ3n) is 3.09. The number of alkyl halides is 3. The van der Waals surface area contributed by atoms with E-state index in [1.807, 2.05) is 0 Å². The average Bonchev–Trinajstić information content (AvgIpc) is 2.35. The van der Waals surface area contributed by atoms with Gasteiger partial charge in [0.1, 0.15) is 5.75 Å². The Morgan fingerprint density at radius 3 is 2.23 bits per heavy atom. The summed E-state index contributed by atoms with van der Waals surface area (Å²) in [6.45, 7) is 3.97. The van der Waals surface area contributed by atoms with Gasteiger partial charge in [-0.15, -0.1) is 0 Å². The van der Waals surface area contributed by atoms with Crippen LogP contribution in [0.15, 0.2) is 12.1 Å². The van der Waals surface area contributed by atoms with Gasteiger partial charge in [-0.2, -0.15) is 13.2 Å². The molecule has 0 aliphatic rings. The molecular weight excluding hydrogens is 297 g/mol. The summed E-state index contributed by atoms with van der Waals surface area (Å²) in [5, 5.41) is 0. The van der Waals surface area contributed by atoms with E-state index in [1.165, 1.54) is 4.90 Å². The number of ether oxygens (including phenoxy) is 1. The highest BCUT2D eigenvalue weighted by molar-refractivity contribution is 5.80. The summed E-state index contributed by atoms with van der Waals surface area (Å²) in [6.07, 6.45) is -4.37. The van der Waals surface area contributed by atoms with Crippen LogP contribution in [0.1, 0.15) is 23.6 Å². The van der Waals surface area contributed by atoms with Gasteiger partial charge in [0, 0.05) is 13.6 Å². The molecule has 0 saturated heterocycles. The molecule has 0 aliphatic carbocycles. The minimum atomic E-state index is -4.37. The van der Waals surface area contributed by atoms with Crippen LogP contribution < -0.4 is 10.5 Å². The minimum Gasteiger partial charge on any atom is -0.484 e. The molecule has 1 atom stereocenters. The van der Waals surface area contributed by atoms with Crippen LogP contribution in [-0.4, -0.2) is 36.7 Å². The molecular formula is C15H21F3N2O2. The van der Waals surface area contributed by atoms with Crippen molar-refractivity contribution in [3.05, 3.63) is 28.8 Å². The Balaban J connectivity index is 2.87. The number of halogens is 3. The lowest BCUT2D eigenvalue weighted by Crippen LogP contribution is -2.39. The second-order valence-corrected chi connectivity index (χ2v) is 5.45. The number of hydrogen-bond acceptors (Lipinski definition) is 3. The molecule has 0 saturated carbocycles. The third-order valence-corrected chi connectivity index (χ3v) is 3.09. The molecule has 0 aliphatic heterocycles. The van der Waals surface area contributed by atoms with Crippen LogP contribution in [0, 0.1) is 13.8 Å². The molecule has 0 spiro atoms. The minimum absolute atomic E-state index is 0.201. The summed E-state index contributed by atoms with van der Waals surface area (Å²) in [5.41, 5.74) is 7.54. The first kappa shape index (κ1) is 18.3. The van der Waals surface area contributed by atoms with Gasteiger partial charge in [-0.1, -0.05) is 12.1 Å². The molecule has 0 bridgehead atoms. The molecule has 0 fully saturated rings. The van der Waals surface area contributed by atoms with Crippen LogP contribution in [0.4, 0.5) is 13.2 Å². The summed E-state index contributed by atoms with van der Waals surface area (Å²) in [6, 6.07) is 2.83. The zero-order valence-electron chi connectivity index (χ0n) is 13.1. The SMILES string of the molecule is Cc1cc(CN(C)C(=O)[C@H](C)N)cc(C)c1OCC(F)(F)F. The number of rotatable bonds is 5. The topological polar surface area (TPSA) is 55.6 Å². The highest BCUT2D eigenvalue weighted by Crippen LogP contribution is 2.27. The van der Waals surface area contributed by atoms with Crippen molar-refractivity contribution in [1.29, 1.82) is 0 Å². The first-order valence-electron chi connectivity index (χ1n) is 6.81. The maximum absolute atomic E-state index is 12.2. The predicted octanol–water partition coefficient (Wildman–Crippen LogP) is 2.55. The van der Waals surface area contributed by atoms with Crippen molar-refractivity contribution in [2.45, 2.75) is 39.5 Å². The molecule has 0 radical (unpaired) electrons. The average molecular weight is 318 g/mol. The third kappa shape index (κ3) is 5.22. The molecule has 124 valence electrons. The molecule has 0 aromatic heterocycles. The van der Waals surface area contributed by atoms with Crippen molar-refractivity contribution >= 4 is 5.91 Å². The summed E-state index contributed by atoms with van der Waals surface area (Å²) >= 11 is 0. The number of carbonyl (C=O) groups excluding carboxylic acids is 1. The van der Waals surface area contributed by atoms with Crippen LogP contribution in [-0.2, 0) is 11.3 Å². The zero-order chi connectivity index (χ0) is 17.1. The van der Waals surface area contributed by atoms with Crippen molar-refractivity contribution < 1.29 is 22.7 Å². The van der Waals surface area contributed by atoms with Crippen LogP contribution in [0.25, 0.3) is 0 Å². The summed E-state index contributed by atoms with van der Waals surface area (Å²) in [7, 11) is 1.63. The molecule has 0 heterocycles. The number of aryl methyl sites for hydroxylation is 2. The van der Waals surface area contributed by atoms with Crippen LogP contribution >= 0.6 is 0 Å². The number of nitrogens with two attached hydrogens (primary N) is 1. The summed E-state index contributed by atoms with van der Waals surface area (Å²) in [5.74, 6) is 0.0231. The lowest BCUT2D eigenvalue weighted by Gasteiger charge is -2.21. The van der Waals surface area contributed by atoms with Gasteiger partial charge < -0.3 is 15.4 Å². The normalized spacial score (nSPS) is 12.9. The molecule has 0 unspecified atom stereocenters. The number of nitrogens with zero attached hydrogens (tertiary/aromatic N) is 1. The first-order chi connectivity index (χ1) is 10.0. The summed E-state index contributed by atoms with van der Waals surface area (Å²) < 4.78 is 41.6. The number of likely N-dealkylation sites (N-methyl/N-ethyl adjacent to an activating group) is 1. The fourth-order valence-corrected chi connectivity index (χ4v) is 2.21. The molecule has 1 aromatic rings. The Labute approximate surface area is 128 Å². The van der Waals surface area contributed by atoms with E-state index in [4.69, 9.17) is 10.5 Å². The van der Waals surface area contributed by atoms with Crippen LogP contribution in [0.2, 0.25) is 0 Å². The quantitative estimate of drug-likeness (QED) is 0.908. The highest BCUT2D eigenvalue weighted by atomic mass is 19.4. The van der Waals surface area contributed by atoms with Crippen molar-refractivity contribution in [2.24, 2.45) is 5.73 Å². The van der Waals surface area contributed by atoms with E-state index in [9.17, 15) is 18.0 Å². The van der Waals surface area contributed by atoms with E-state index in [2.05, 4.69) is 0 Å². The number of benzene rings is 1. The Bertz CT molecular complexity index is 519. The van der Waals surface area contributed by atoms with Gasteiger partial charge >= 0.3 is 6.18 Å². The van der Waals surface area contributed by atoms with Gasteiger partial charge in [-0.3, -0.25) is 4.79 Å². The molecule has 4 nitrogen and oxygen atoms in total. The van der Waals surface area contributed by atoms with E-state index in [0.717, 1.165) is 5.56 Å². The smallest absolute Gasteiger partial charge is 0.422 e. The number of carbonyl (C=O) groups is 1. The Morgan fingerprint density at radius 1 is 1.32 bits per heavy atom. The molecule has 22 heavy (non-hydrogen) atoms. The second-order valence-electron chi connectivity index (χ2n) is 5.45. The molecule has 1 aromatic carbocycles. The molecule has 1 rings (SSSR count). The predicted molar refractivity (Wildman–Crippen MR) is 77.6 cm³/mol. The van der Waals surface area contributed by atoms with E-state index < -0.39 is 18.8 Å². The lowest BCUT2D eigenvalue weighted by atomic mass is 10.1. The van der Waals surface area contributed by atoms with E-state index in [-0.39, 0.29) is 11.7 Å². The highest BCUT2D eigenvalue weighted by Gasteiger charge is 2.29. The fourth-order valence-electron chi connectivity index (χ4n) is 2.21. The van der Waals surface area contributed by atoms with Gasteiger partial charge in [0.15, 0.2) is 6.61 Å². The fraction of sp³-hybridized carbons (Fsp3) is 0.533. The van der Waals surface area contributed by atoms with Crippen molar-refractivity contribution in [3.63, 3.8) is 0 Å². The van der Waals surface area contributed by atoms with Gasteiger partial charge in [-0.05, 0) is 37.5 Å². The van der Waals surface area contributed by atoms with E-state index >= 15 is 0 Å². The zero-order valence-corrected chi connectivity index (χ0v) is 13.1. The number of hydrogen-bond donors (Lipinski definition) is 1. The molecule has 1 amide bonds. The monoisotopic (exact) mass is 318 g/mol. The van der Waals surface area contributed by atoms with Gasteiger partial charge in [-0.25, -0.2) is 0 Å². The van der Waals surface area contributed by atoms with Crippen molar-refractivity contribution in [1.82, 2.24) is 4.90 Å². The van der Waals surface area contributed by atoms with Gasteiger partial charge in [0.05, 0.1) is 6.04 Å². The maximum atomic E-state index is 12.2. The largest absolute Gasteiger partial charge is 0.484 e. The number of amides is 1. The maximum Gasteiger partial charge on any atom is 0.422 e. The lowest BCUT2D eigenvalue weighted by molar-refractivity contribution is -0.153. The van der Waals surface area contributed by atoms with Crippen LogP contribution in [0.3, 0.4) is 0 Å². The second kappa shape index (κ2) is 7.00. The Morgan fingerprint density at radius 2 is 1.82 bits per heavy atom. The van der Waals surface area contributed by atoms with Gasteiger partial charge in [0.2, 0.25) is 5.91 Å². The van der Waals surface area contributed by atoms with E-state index in [0.29, 0.717) is 17.7 Å². The molecule has 2 N–H and O–H groups in total. The van der Waals surface area contributed by atoms with Crippen molar-refractivity contribution in [3.8, 4) is 5.75 Å².